The van der Waals surface area contributed by atoms with E-state index in [-0.39, 0.29) is 5.56 Å². The minimum atomic E-state index is -0.966. The van der Waals surface area contributed by atoms with Crippen LogP contribution in [0.15, 0.2) is 73.1 Å². The van der Waals surface area contributed by atoms with Crippen molar-refractivity contribution in [3.05, 3.63) is 78.6 Å². The first kappa shape index (κ1) is 15.1. The van der Waals surface area contributed by atoms with Crippen LogP contribution in [0.3, 0.4) is 0 Å². The highest BCUT2D eigenvalue weighted by Crippen LogP contribution is 2.29. The first-order valence-corrected chi connectivity index (χ1v) is 7.98. The molecule has 25 heavy (non-hydrogen) atoms. The lowest BCUT2D eigenvalue weighted by Crippen LogP contribution is -1.99. The second-order valence-corrected chi connectivity index (χ2v) is 6.00. The number of carboxylic acids is 1. The summed E-state index contributed by atoms with van der Waals surface area (Å²) in [5, 5.41) is 9.51. The molecule has 0 spiro atoms. The van der Waals surface area contributed by atoms with Crippen molar-refractivity contribution in [2.45, 2.75) is 0 Å². The zero-order valence-corrected chi connectivity index (χ0v) is 13.7. The molecule has 0 radical (unpaired) electrons. The Morgan fingerprint density at radius 3 is 2.12 bits per heavy atom. The van der Waals surface area contributed by atoms with Gasteiger partial charge in [-0.1, -0.05) is 54.6 Å². The van der Waals surface area contributed by atoms with E-state index in [0.29, 0.717) is 5.52 Å². The lowest BCUT2D eigenvalue weighted by Gasteiger charge is -2.07. The summed E-state index contributed by atoms with van der Waals surface area (Å²) in [7, 11) is 1.86. The van der Waals surface area contributed by atoms with Gasteiger partial charge < -0.3 is 9.67 Å². The SMILES string of the molecule is Cn1cnc2c(C(=O)O)cc(-c3ccc(-c4ccccc4)cc3)cc21. The number of carbonyl (C=O) groups is 1. The number of aryl methyl sites for hydroxylation is 1. The number of fused-ring (bicyclic) bond motifs is 1. The zero-order valence-electron chi connectivity index (χ0n) is 13.7. The van der Waals surface area contributed by atoms with Crippen LogP contribution in [0, 0.1) is 0 Å². The molecule has 0 unspecified atom stereocenters. The first-order chi connectivity index (χ1) is 12.1. The number of hydrogen-bond donors (Lipinski definition) is 1. The van der Waals surface area contributed by atoms with E-state index in [4.69, 9.17) is 0 Å². The third kappa shape index (κ3) is 2.68. The summed E-state index contributed by atoms with van der Waals surface area (Å²) in [5.74, 6) is -0.966. The highest BCUT2D eigenvalue weighted by atomic mass is 16.4. The predicted molar refractivity (Wildman–Crippen MR) is 98.5 cm³/mol. The monoisotopic (exact) mass is 328 g/mol. The summed E-state index contributed by atoms with van der Waals surface area (Å²) in [4.78, 5) is 15.8. The Kier molecular flexibility index (Phi) is 3.58. The first-order valence-electron chi connectivity index (χ1n) is 7.98. The van der Waals surface area contributed by atoms with Crippen molar-refractivity contribution in [2.75, 3.05) is 0 Å². The van der Waals surface area contributed by atoms with Crippen LogP contribution in [0.1, 0.15) is 10.4 Å². The van der Waals surface area contributed by atoms with Crippen LogP contribution >= 0.6 is 0 Å². The maximum absolute atomic E-state index is 11.6. The topological polar surface area (TPSA) is 55.1 Å². The molecule has 1 aromatic heterocycles. The standard InChI is InChI=1S/C21H16N2O2/c1-23-13-22-20-18(21(24)25)11-17(12-19(20)23)16-9-7-15(8-10-16)14-5-3-2-4-6-14/h2-13H,1H3,(H,24,25). The van der Waals surface area contributed by atoms with E-state index in [0.717, 1.165) is 27.8 Å². The Morgan fingerprint density at radius 1 is 0.880 bits per heavy atom. The van der Waals surface area contributed by atoms with Gasteiger partial charge in [0.2, 0.25) is 0 Å². The van der Waals surface area contributed by atoms with Crippen molar-refractivity contribution in [2.24, 2.45) is 7.05 Å². The van der Waals surface area contributed by atoms with Gasteiger partial charge in [-0.05, 0) is 34.4 Å². The number of carboxylic acid groups (broad SMARTS) is 1. The fraction of sp³-hybridized carbons (Fsp3) is 0.0476. The van der Waals surface area contributed by atoms with E-state index >= 15 is 0 Å². The molecule has 0 saturated carbocycles. The Hall–Kier alpha value is -3.40. The van der Waals surface area contributed by atoms with Crippen molar-refractivity contribution in [3.63, 3.8) is 0 Å². The van der Waals surface area contributed by atoms with Gasteiger partial charge >= 0.3 is 5.97 Å². The molecule has 1 heterocycles. The molecular formula is C21H16N2O2. The van der Waals surface area contributed by atoms with Crippen LogP contribution in [-0.4, -0.2) is 20.6 Å². The summed E-state index contributed by atoms with van der Waals surface area (Å²) in [6, 6.07) is 22.0. The van der Waals surface area contributed by atoms with Crippen LogP contribution in [0.5, 0.6) is 0 Å². The molecule has 0 bridgehead atoms. The van der Waals surface area contributed by atoms with Gasteiger partial charge in [0.1, 0.15) is 5.52 Å². The van der Waals surface area contributed by atoms with Crippen molar-refractivity contribution < 1.29 is 9.90 Å². The molecule has 3 aromatic carbocycles. The zero-order chi connectivity index (χ0) is 17.4. The lowest BCUT2D eigenvalue weighted by atomic mass is 9.98. The molecule has 0 fully saturated rings. The molecule has 1 N–H and O–H groups in total. The average molecular weight is 328 g/mol. The van der Waals surface area contributed by atoms with Crippen LogP contribution in [-0.2, 0) is 7.05 Å². The molecule has 0 amide bonds. The van der Waals surface area contributed by atoms with E-state index in [9.17, 15) is 9.90 Å². The van der Waals surface area contributed by atoms with Gasteiger partial charge in [-0.25, -0.2) is 9.78 Å². The van der Waals surface area contributed by atoms with E-state index in [1.54, 1.807) is 12.4 Å². The van der Waals surface area contributed by atoms with Gasteiger partial charge in [-0.15, -0.1) is 0 Å². The van der Waals surface area contributed by atoms with E-state index in [1.165, 1.54) is 0 Å². The fourth-order valence-corrected chi connectivity index (χ4v) is 3.05. The predicted octanol–water partition coefficient (Wildman–Crippen LogP) is 4.61. The van der Waals surface area contributed by atoms with Gasteiger partial charge in [0.05, 0.1) is 17.4 Å². The summed E-state index contributed by atoms with van der Waals surface area (Å²) < 4.78 is 1.84. The van der Waals surface area contributed by atoms with Crippen LogP contribution in [0.4, 0.5) is 0 Å². The van der Waals surface area contributed by atoms with Gasteiger partial charge in [0, 0.05) is 7.05 Å². The molecule has 4 rings (SSSR count). The number of hydrogen-bond acceptors (Lipinski definition) is 2. The second kappa shape index (κ2) is 5.91. The van der Waals surface area contributed by atoms with Gasteiger partial charge in [-0.2, -0.15) is 0 Å². The second-order valence-electron chi connectivity index (χ2n) is 6.00. The number of aromatic nitrogens is 2. The number of benzene rings is 3. The summed E-state index contributed by atoms with van der Waals surface area (Å²) in [6.45, 7) is 0. The number of imidazole rings is 1. The smallest absolute Gasteiger partial charge is 0.337 e. The number of rotatable bonds is 3. The molecule has 0 aliphatic rings. The molecule has 4 aromatic rings. The highest BCUT2D eigenvalue weighted by Gasteiger charge is 2.15. The largest absolute Gasteiger partial charge is 0.478 e. The maximum atomic E-state index is 11.6. The van der Waals surface area contributed by atoms with Crippen molar-refractivity contribution in [1.82, 2.24) is 9.55 Å². The average Bonchev–Trinajstić information content (AvgIpc) is 3.03. The minimum Gasteiger partial charge on any atom is -0.478 e. The van der Waals surface area contributed by atoms with Crippen molar-refractivity contribution in [1.29, 1.82) is 0 Å². The number of aromatic carboxylic acids is 1. The fourth-order valence-electron chi connectivity index (χ4n) is 3.05. The Balaban J connectivity index is 1.82. The Bertz CT molecular complexity index is 1060. The lowest BCUT2D eigenvalue weighted by molar-refractivity contribution is 0.0699. The van der Waals surface area contributed by atoms with E-state index in [2.05, 4.69) is 29.2 Å². The van der Waals surface area contributed by atoms with Crippen molar-refractivity contribution in [3.8, 4) is 22.3 Å². The minimum absolute atomic E-state index is 0.222. The third-order valence-electron chi connectivity index (χ3n) is 4.39. The van der Waals surface area contributed by atoms with Crippen LogP contribution in [0.25, 0.3) is 33.3 Å². The maximum Gasteiger partial charge on any atom is 0.337 e. The molecule has 4 heteroatoms. The Morgan fingerprint density at radius 2 is 1.48 bits per heavy atom. The van der Waals surface area contributed by atoms with E-state index < -0.39 is 5.97 Å². The van der Waals surface area contributed by atoms with Gasteiger partial charge in [0.25, 0.3) is 0 Å². The van der Waals surface area contributed by atoms with E-state index in [1.807, 2.05) is 48.0 Å². The highest BCUT2D eigenvalue weighted by molar-refractivity contribution is 6.03. The summed E-state index contributed by atoms with van der Waals surface area (Å²) >= 11 is 0. The molecule has 0 saturated heterocycles. The number of nitrogens with zero attached hydrogens (tertiary/aromatic N) is 2. The van der Waals surface area contributed by atoms with Gasteiger partial charge in [-0.3, -0.25) is 0 Å². The Labute approximate surface area is 145 Å². The normalized spacial score (nSPS) is 10.9. The van der Waals surface area contributed by atoms with Crippen molar-refractivity contribution >= 4 is 17.0 Å². The molecule has 0 aliphatic heterocycles. The van der Waals surface area contributed by atoms with Crippen LogP contribution in [0.2, 0.25) is 0 Å². The molecule has 4 nitrogen and oxygen atoms in total. The summed E-state index contributed by atoms with van der Waals surface area (Å²) in [5.41, 5.74) is 5.67. The quantitative estimate of drug-likeness (QED) is 0.598. The molecule has 0 atom stereocenters. The summed E-state index contributed by atoms with van der Waals surface area (Å²) in [6.07, 6.45) is 1.64. The third-order valence-corrected chi connectivity index (χ3v) is 4.39. The van der Waals surface area contributed by atoms with Gasteiger partial charge in [0.15, 0.2) is 0 Å². The molecule has 122 valence electrons. The molecule has 0 aliphatic carbocycles. The molecular weight excluding hydrogens is 312 g/mol. The van der Waals surface area contributed by atoms with Crippen LogP contribution < -0.4 is 0 Å².